The van der Waals surface area contributed by atoms with Gasteiger partial charge >= 0.3 is 0 Å². The molecule has 0 aliphatic rings. The number of amides is 1. The molecule has 0 aliphatic carbocycles. The van der Waals surface area contributed by atoms with Crippen LogP contribution in [0.15, 0.2) is 96.4 Å². The smallest absolute Gasteiger partial charge is 0.228 e. The van der Waals surface area contributed by atoms with Crippen LogP contribution in [0.2, 0.25) is 0 Å². The molecule has 4 rings (SSSR count). The molecule has 0 spiro atoms. The van der Waals surface area contributed by atoms with E-state index in [1.807, 2.05) is 73.1 Å². The highest BCUT2D eigenvalue weighted by atomic mass is 32.2. The molecule has 5 nitrogen and oxygen atoms in total. The van der Waals surface area contributed by atoms with Crippen LogP contribution >= 0.6 is 11.8 Å². The third kappa shape index (κ3) is 5.33. The van der Waals surface area contributed by atoms with E-state index in [1.54, 1.807) is 28.8 Å². The Labute approximate surface area is 173 Å². The molecule has 1 amide bonds. The number of aromatic nitrogens is 3. The number of rotatable bonds is 7. The van der Waals surface area contributed by atoms with Crippen molar-refractivity contribution in [3.63, 3.8) is 0 Å². The van der Waals surface area contributed by atoms with Gasteiger partial charge in [0.25, 0.3) is 0 Å². The van der Waals surface area contributed by atoms with Crippen LogP contribution in [0.3, 0.4) is 0 Å². The van der Waals surface area contributed by atoms with E-state index in [0.717, 1.165) is 27.6 Å². The summed E-state index contributed by atoms with van der Waals surface area (Å²) in [6, 6.07) is 21.7. The number of anilines is 1. The molecule has 0 fully saturated rings. The normalized spacial score (nSPS) is 10.6. The standard InChI is InChI=1S/C23H20N4OS/c28-23(13-19-15-25-27(16-19)21-6-2-1-3-7-21)26-20-8-10-22(11-9-20)29-17-18-5-4-12-24-14-18/h1-12,14-16H,13,17H2,(H,26,28). The molecule has 1 N–H and O–H groups in total. The molecule has 0 bridgehead atoms. The van der Waals surface area contributed by atoms with Gasteiger partial charge < -0.3 is 5.32 Å². The predicted octanol–water partition coefficient (Wildman–Crippen LogP) is 4.74. The summed E-state index contributed by atoms with van der Waals surface area (Å²) in [4.78, 5) is 17.6. The summed E-state index contributed by atoms with van der Waals surface area (Å²) in [5, 5.41) is 7.28. The van der Waals surface area contributed by atoms with Gasteiger partial charge in [0.05, 0.1) is 18.3 Å². The third-order valence-electron chi connectivity index (χ3n) is 4.29. The Bertz CT molecular complexity index is 1060. The zero-order chi connectivity index (χ0) is 19.9. The number of hydrogen-bond acceptors (Lipinski definition) is 4. The molecule has 0 atom stereocenters. The molecular formula is C23H20N4OS. The SMILES string of the molecule is O=C(Cc1cnn(-c2ccccc2)c1)Nc1ccc(SCc2cccnc2)cc1. The minimum atomic E-state index is -0.0617. The van der Waals surface area contributed by atoms with E-state index < -0.39 is 0 Å². The van der Waals surface area contributed by atoms with Crippen molar-refractivity contribution in [3.8, 4) is 5.69 Å². The average molecular weight is 401 g/mol. The number of para-hydroxylation sites is 1. The van der Waals surface area contributed by atoms with Gasteiger partial charge in [-0.3, -0.25) is 9.78 Å². The van der Waals surface area contributed by atoms with Gasteiger partial charge in [-0.1, -0.05) is 24.3 Å². The summed E-state index contributed by atoms with van der Waals surface area (Å²) in [6.45, 7) is 0. The second-order valence-electron chi connectivity index (χ2n) is 6.53. The van der Waals surface area contributed by atoms with E-state index in [9.17, 15) is 4.79 Å². The van der Waals surface area contributed by atoms with Gasteiger partial charge in [-0.05, 0) is 53.6 Å². The summed E-state index contributed by atoms with van der Waals surface area (Å²) < 4.78 is 1.77. The largest absolute Gasteiger partial charge is 0.326 e. The molecule has 2 aromatic heterocycles. The Morgan fingerprint density at radius 3 is 2.52 bits per heavy atom. The third-order valence-corrected chi connectivity index (χ3v) is 5.37. The minimum Gasteiger partial charge on any atom is -0.326 e. The fourth-order valence-corrected chi connectivity index (χ4v) is 3.68. The number of carbonyl (C=O) groups is 1. The lowest BCUT2D eigenvalue weighted by atomic mass is 10.2. The van der Waals surface area contributed by atoms with Crippen LogP contribution in [0, 0.1) is 0 Å². The molecule has 0 aliphatic heterocycles. The number of thioether (sulfide) groups is 1. The number of benzene rings is 2. The van der Waals surface area contributed by atoms with Gasteiger partial charge in [0.1, 0.15) is 0 Å². The van der Waals surface area contributed by atoms with Crippen LogP contribution < -0.4 is 5.32 Å². The number of nitrogens with one attached hydrogen (secondary N) is 1. The minimum absolute atomic E-state index is 0.0617. The van der Waals surface area contributed by atoms with Gasteiger partial charge in [0.2, 0.25) is 5.91 Å². The van der Waals surface area contributed by atoms with Crippen LogP contribution in [0.5, 0.6) is 0 Å². The quantitative estimate of drug-likeness (QED) is 0.455. The highest BCUT2D eigenvalue weighted by Gasteiger charge is 2.07. The summed E-state index contributed by atoms with van der Waals surface area (Å²) in [5.41, 5.74) is 3.82. The first-order valence-electron chi connectivity index (χ1n) is 9.27. The van der Waals surface area contributed by atoms with Crippen molar-refractivity contribution < 1.29 is 4.79 Å². The van der Waals surface area contributed by atoms with E-state index in [0.29, 0.717) is 0 Å². The van der Waals surface area contributed by atoms with Crippen molar-refractivity contribution in [3.05, 3.63) is 103 Å². The Hall–Kier alpha value is -3.38. The summed E-state index contributed by atoms with van der Waals surface area (Å²) in [5.74, 6) is 0.804. The number of pyridine rings is 1. The second kappa shape index (κ2) is 9.21. The molecule has 0 unspecified atom stereocenters. The number of carbonyl (C=O) groups excluding carboxylic acids is 1. The first kappa shape index (κ1) is 19.0. The molecular weight excluding hydrogens is 380 g/mol. The van der Waals surface area contributed by atoms with E-state index >= 15 is 0 Å². The maximum absolute atomic E-state index is 12.4. The number of nitrogens with zero attached hydrogens (tertiary/aromatic N) is 3. The fraction of sp³-hybridized carbons (Fsp3) is 0.0870. The zero-order valence-corrected chi connectivity index (χ0v) is 16.5. The van der Waals surface area contributed by atoms with Crippen LogP contribution in [-0.2, 0) is 17.0 Å². The fourth-order valence-electron chi connectivity index (χ4n) is 2.85. The van der Waals surface area contributed by atoms with Gasteiger partial charge in [0, 0.05) is 34.9 Å². The van der Waals surface area contributed by atoms with E-state index in [-0.39, 0.29) is 12.3 Å². The lowest BCUT2D eigenvalue weighted by molar-refractivity contribution is -0.115. The first-order chi connectivity index (χ1) is 14.3. The number of hydrogen-bond donors (Lipinski definition) is 1. The topological polar surface area (TPSA) is 59.8 Å². The molecule has 2 aromatic carbocycles. The van der Waals surface area contributed by atoms with Crippen LogP contribution in [-0.4, -0.2) is 20.7 Å². The molecule has 2 heterocycles. The van der Waals surface area contributed by atoms with E-state index in [4.69, 9.17) is 0 Å². The predicted molar refractivity (Wildman–Crippen MR) is 116 cm³/mol. The maximum Gasteiger partial charge on any atom is 0.228 e. The Morgan fingerprint density at radius 2 is 1.76 bits per heavy atom. The van der Waals surface area contributed by atoms with E-state index in [2.05, 4.69) is 21.5 Å². The monoisotopic (exact) mass is 400 g/mol. The highest BCUT2D eigenvalue weighted by Crippen LogP contribution is 2.24. The molecule has 0 saturated heterocycles. The lowest BCUT2D eigenvalue weighted by Gasteiger charge is -2.06. The van der Waals surface area contributed by atoms with Gasteiger partial charge in [-0.25, -0.2) is 4.68 Å². The van der Waals surface area contributed by atoms with Crippen LogP contribution in [0.1, 0.15) is 11.1 Å². The van der Waals surface area contributed by atoms with Gasteiger partial charge in [0.15, 0.2) is 0 Å². The molecule has 0 radical (unpaired) electrons. The molecule has 0 saturated carbocycles. The molecule has 144 valence electrons. The highest BCUT2D eigenvalue weighted by molar-refractivity contribution is 7.98. The van der Waals surface area contributed by atoms with Gasteiger partial charge in [-0.2, -0.15) is 5.10 Å². The first-order valence-corrected chi connectivity index (χ1v) is 10.3. The summed E-state index contributed by atoms with van der Waals surface area (Å²) in [7, 11) is 0. The van der Waals surface area contributed by atoms with Crippen molar-refractivity contribution in [2.24, 2.45) is 0 Å². The Balaban J connectivity index is 1.30. The van der Waals surface area contributed by atoms with Crippen molar-refractivity contribution in [1.82, 2.24) is 14.8 Å². The second-order valence-corrected chi connectivity index (χ2v) is 7.58. The van der Waals surface area contributed by atoms with Crippen molar-refractivity contribution in [2.75, 3.05) is 5.32 Å². The molecule has 4 aromatic rings. The van der Waals surface area contributed by atoms with Crippen molar-refractivity contribution in [2.45, 2.75) is 17.1 Å². The Morgan fingerprint density at radius 1 is 0.931 bits per heavy atom. The van der Waals surface area contributed by atoms with E-state index in [1.165, 1.54) is 5.56 Å². The maximum atomic E-state index is 12.4. The van der Waals surface area contributed by atoms with Crippen molar-refractivity contribution >= 4 is 23.4 Å². The summed E-state index contributed by atoms with van der Waals surface area (Å²) in [6.07, 6.45) is 7.54. The Kier molecular flexibility index (Phi) is 6.02. The lowest BCUT2D eigenvalue weighted by Crippen LogP contribution is -2.13. The summed E-state index contributed by atoms with van der Waals surface area (Å²) >= 11 is 1.74. The van der Waals surface area contributed by atoms with Gasteiger partial charge in [-0.15, -0.1) is 11.8 Å². The molecule has 29 heavy (non-hydrogen) atoms. The molecule has 6 heteroatoms. The average Bonchev–Trinajstić information content (AvgIpc) is 3.23. The zero-order valence-electron chi connectivity index (χ0n) is 15.7. The van der Waals surface area contributed by atoms with Crippen LogP contribution in [0.4, 0.5) is 5.69 Å². The van der Waals surface area contributed by atoms with Crippen molar-refractivity contribution in [1.29, 1.82) is 0 Å². The van der Waals surface area contributed by atoms with Crippen LogP contribution in [0.25, 0.3) is 5.69 Å².